The molecule has 0 saturated heterocycles. The molecule has 2 N–H and O–H groups in total. The van der Waals surface area contributed by atoms with Crippen molar-refractivity contribution in [2.75, 3.05) is 17.2 Å². The molecule has 0 aliphatic rings. The first-order valence-electron chi connectivity index (χ1n) is 11.1. The average Bonchev–Trinajstić information content (AvgIpc) is 2.85. The lowest BCUT2D eigenvalue weighted by atomic mass is 10.1. The number of carbonyl (C=O) groups is 2. The molecule has 4 rings (SSSR count). The number of para-hydroxylation sites is 1. The summed E-state index contributed by atoms with van der Waals surface area (Å²) in [6, 6.07) is 24.1. The second-order valence-electron chi connectivity index (χ2n) is 7.78. The molecule has 166 valence electrons. The SMILES string of the molecule is CCCCNc1nc(-c2ccc(NC(=O)CC(=O)c3ccccc3)cc2)nc2ccccc12. The zero-order chi connectivity index (χ0) is 23.0. The van der Waals surface area contributed by atoms with Crippen molar-refractivity contribution in [3.05, 3.63) is 84.4 Å². The molecule has 4 aromatic rings. The summed E-state index contributed by atoms with van der Waals surface area (Å²) in [7, 11) is 0. The van der Waals surface area contributed by atoms with Gasteiger partial charge in [-0.2, -0.15) is 0 Å². The van der Waals surface area contributed by atoms with Gasteiger partial charge in [-0.3, -0.25) is 9.59 Å². The summed E-state index contributed by atoms with van der Waals surface area (Å²) in [5.41, 5.74) is 2.86. The zero-order valence-corrected chi connectivity index (χ0v) is 18.5. The van der Waals surface area contributed by atoms with E-state index in [9.17, 15) is 9.59 Å². The van der Waals surface area contributed by atoms with Crippen LogP contribution in [0.25, 0.3) is 22.3 Å². The van der Waals surface area contributed by atoms with Crippen LogP contribution in [0.15, 0.2) is 78.9 Å². The molecular formula is C27H26N4O2. The van der Waals surface area contributed by atoms with E-state index in [2.05, 4.69) is 17.6 Å². The van der Waals surface area contributed by atoms with E-state index in [1.165, 1.54) is 0 Å². The predicted molar refractivity (Wildman–Crippen MR) is 132 cm³/mol. The van der Waals surface area contributed by atoms with Gasteiger partial charge in [0.2, 0.25) is 5.91 Å². The maximum atomic E-state index is 12.3. The predicted octanol–water partition coefficient (Wildman–Crippen LogP) is 5.72. The molecule has 0 radical (unpaired) electrons. The number of nitrogens with zero attached hydrogens (tertiary/aromatic N) is 2. The molecule has 6 heteroatoms. The fourth-order valence-electron chi connectivity index (χ4n) is 3.50. The number of fused-ring (bicyclic) bond motifs is 1. The Morgan fingerprint density at radius 3 is 2.33 bits per heavy atom. The largest absolute Gasteiger partial charge is 0.369 e. The lowest BCUT2D eigenvalue weighted by Crippen LogP contribution is -2.16. The van der Waals surface area contributed by atoms with E-state index in [-0.39, 0.29) is 18.1 Å². The fraction of sp³-hybridized carbons (Fsp3) is 0.185. The number of hydrogen-bond acceptors (Lipinski definition) is 5. The molecule has 1 heterocycles. The van der Waals surface area contributed by atoms with Crippen molar-refractivity contribution in [2.45, 2.75) is 26.2 Å². The summed E-state index contributed by atoms with van der Waals surface area (Å²) in [6.07, 6.45) is 1.97. The second kappa shape index (κ2) is 10.5. The molecule has 0 unspecified atom stereocenters. The van der Waals surface area contributed by atoms with Crippen molar-refractivity contribution in [1.82, 2.24) is 9.97 Å². The fourth-order valence-corrected chi connectivity index (χ4v) is 3.50. The Morgan fingerprint density at radius 2 is 1.58 bits per heavy atom. The first kappa shape index (κ1) is 22.1. The van der Waals surface area contributed by atoms with E-state index < -0.39 is 0 Å². The Labute approximate surface area is 193 Å². The zero-order valence-electron chi connectivity index (χ0n) is 18.5. The van der Waals surface area contributed by atoms with Crippen molar-refractivity contribution in [3.63, 3.8) is 0 Å². The van der Waals surface area contributed by atoms with Crippen LogP contribution in [0.2, 0.25) is 0 Å². The third kappa shape index (κ3) is 5.60. The molecule has 0 aliphatic carbocycles. The molecule has 3 aromatic carbocycles. The van der Waals surface area contributed by atoms with Crippen LogP contribution in [0.1, 0.15) is 36.5 Å². The van der Waals surface area contributed by atoms with Crippen LogP contribution in [0.5, 0.6) is 0 Å². The normalized spacial score (nSPS) is 10.7. The highest BCUT2D eigenvalue weighted by atomic mass is 16.2. The van der Waals surface area contributed by atoms with Crippen molar-refractivity contribution in [1.29, 1.82) is 0 Å². The summed E-state index contributed by atoms with van der Waals surface area (Å²) in [5.74, 6) is 0.879. The van der Waals surface area contributed by atoms with E-state index in [0.717, 1.165) is 41.7 Å². The second-order valence-corrected chi connectivity index (χ2v) is 7.78. The number of rotatable bonds is 9. The molecule has 1 aromatic heterocycles. The van der Waals surface area contributed by atoms with Crippen LogP contribution in [0.4, 0.5) is 11.5 Å². The van der Waals surface area contributed by atoms with E-state index in [0.29, 0.717) is 17.1 Å². The maximum Gasteiger partial charge on any atom is 0.232 e. The van der Waals surface area contributed by atoms with Crippen LogP contribution in [-0.2, 0) is 4.79 Å². The molecule has 33 heavy (non-hydrogen) atoms. The monoisotopic (exact) mass is 438 g/mol. The Hall–Kier alpha value is -4.06. The van der Waals surface area contributed by atoms with Gasteiger partial charge in [0.1, 0.15) is 5.82 Å². The molecule has 0 spiro atoms. The summed E-state index contributed by atoms with van der Waals surface area (Å²) in [4.78, 5) is 34.0. The van der Waals surface area contributed by atoms with Crippen molar-refractivity contribution >= 4 is 34.1 Å². The highest BCUT2D eigenvalue weighted by Crippen LogP contribution is 2.26. The topological polar surface area (TPSA) is 84.0 Å². The quantitative estimate of drug-likeness (QED) is 0.198. The minimum Gasteiger partial charge on any atom is -0.369 e. The summed E-state index contributed by atoms with van der Waals surface area (Å²) in [5, 5.41) is 7.20. The number of Topliss-reactive ketones (excluding diaryl/α,β-unsaturated/α-hetero) is 1. The molecule has 1 amide bonds. The third-order valence-electron chi connectivity index (χ3n) is 5.27. The summed E-state index contributed by atoms with van der Waals surface area (Å²) < 4.78 is 0. The number of ketones is 1. The number of nitrogens with one attached hydrogen (secondary N) is 2. The van der Waals surface area contributed by atoms with Crippen molar-refractivity contribution in [2.24, 2.45) is 0 Å². The molecule has 0 aliphatic heterocycles. The average molecular weight is 439 g/mol. The molecule has 6 nitrogen and oxygen atoms in total. The van der Waals surface area contributed by atoms with Gasteiger partial charge in [0.05, 0.1) is 11.9 Å². The van der Waals surface area contributed by atoms with Gasteiger partial charge in [-0.15, -0.1) is 0 Å². The number of hydrogen-bond donors (Lipinski definition) is 2. The Morgan fingerprint density at radius 1 is 0.848 bits per heavy atom. The number of benzene rings is 3. The minimum atomic E-state index is -0.346. The number of anilines is 2. The summed E-state index contributed by atoms with van der Waals surface area (Å²) in [6.45, 7) is 3.01. The first-order chi connectivity index (χ1) is 16.1. The standard InChI is InChI=1S/C27H26N4O2/c1-2-3-17-28-27-22-11-7-8-12-23(22)30-26(31-27)20-13-15-21(16-14-20)29-25(33)18-24(32)19-9-5-4-6-10-19/h4-16H,2-3,17-18H2,1H3,(H,29,33)(H,28,30,31). The van der Waals surface area contributed by atoms with E-state index in [1.54, 1.807) is 36.4 Å². The Kier molecular flexibility index (Phi) is 7.05. The van der Waals surface area contributed by atoms with Gasteiger partial charge in [0.15, 0.2) is 11.6 Å². The molecule has 0 saturated carbocycles. The van der Waals surface area contributed by atoms with Gasteiger partial charge in [0.25, 0.3) is 0 Å². The van der Waals surface area contributed by atoms with Gasteiger partial charge in [-0.1, -0.05) is 55.8 Å². The number of amides is 1. The van der Waals surface area contributed by atoms with Crippen molar-refractivity contribution in [3.8, 4) is 11.4 Å². The van der Waals surface area contributed by atoms with Crippen LogP contribution in [0, 0.1) is 0 Å². The molecule has 0 bridgehead atoms. The Balaban J connectivity index is 1.48. The first-order valence-corrected chi connectivity index (χ1v) is 11.1. The van der Waals surface area contributed by atoms with E-state index >= 15 is 0 Å². The van der Waals surface area contributed by atoms with Crippen LogP contribution < -0.4 is 10.6 Å². The lowest BCUT2D eigenvalue weighted by molar-refractivity contribution is -0.115. The van der Waals surface area contributed by atoms with Crippen LogP contribution >= 0.6 is 0 Å². The van der Waals surface area contributed by atoms with Gasteiger partial charge in [-0.25, -0.2) is 9.97 Å². The maximum absolute atomic E-state index is 12.3. The van der Waals surface area contributed by atoms with Gasteiger partial charge in [-0.05, 0) is 42.8 Å². The highest BCUT2D eigenvalue weighted by Gasteiger charge is 2.13. The van der Waals surface area contributed by atoms with Crippen LogP contribution in [0.3, 0.4) is 0 Å². The highest BCUT2D eigenvalue weighted by molar-refractivity contribution is 6.11. The smallest absolute Gasteiger partial charge is 0.232 e. The van der Waals surface area contributed by atoms with E-state index in [1.807, 2.05) is 42.5 Å². The summed E-state index contributed by atoms with van der Waals surface area (Å²) >= 11 is 0. The van der Waals surface area contributed by atoms with E-state index in [4.69, 9.17) is 9.97 Å². The molecule has 0 atom stereocenters. The Bertz CT molecular complexity index is 1250. The number of unbranched alkanes of at least 4 members (excludes halogenated alkanes) is 1. The minimum absolute atomic E-state index is 0.202. The molecule has 0 fully saturated rings. The van der Waals surface area contributed by atoms with Gasteiger partial charge >= 0.3 is 0 Å². The third-order valence-corrected chi connectivity index (χ3v) is 5.27. The lowest BCUT2D eigenvalue weighted by Gasteiger charge is -2.11. The number of carbonyl (C=O) groups excluding carboxylic acids is 2. The molecular weight excluding hydrogens is 412 g/mol. The van der Waals surface area contributed by atoms with Crippen molar-refractivity contribution < 1.29 is 9.59 Å². The number of aromatic nitrogens is 2. The van der Waals surface area contributed by atoms with Crippen LogP contribution in [-0.4, -0.2) is 28.2 Å². The van der Waals surface area contributed by atoms with Gasteiger partial charge in [0, 0.05) is 28.7 Å². The van der Waals surface area contributed by atoms with Gasteiger partial charge < -0.3 is 10.6 Å².